The summed E-state index contributed by atoms with van der Waals surface area (Å²) >= 11 is 1.33. The average Bonchev–Trinajstić information content (AvgIpc) is 2.77. The van der Waals surface area contributed by atoms with Gasteiger partial charge in [0.1, 0.15) is 0 Å². The molecule has 1 heterocycles. The van der Waals surface area contributed by atoms with Crippen LogP contribution in [0.3, 0.4) is 0 Å². The minimum absolute atomic E-state index is 0.0427. The van der Waals surface area contributed by atoms with Gasteiger partial charge in [0.2, 0.25) is 5.91 Å². The molecule has 0 saturated carbocycles. The third-order valence-corrected chi connectivity index (χ3v) is 6.16. The lowest BCUT2D eigenvalue weighted by Gasteiger charge is -2.18. The quantitative estimate of drug-likeness (QED) is 0.289. The maximum Gasteiger partial charge on any atom is 0.257 e. The van der Waals surface area contributed by atoms with E-state index in [0.29, 0.717) is 42.4 Å². The Hall–Kier alpha value is -2.16. The van der Waals surface area contributed by atoms with Crippen molar-refractivity contribution in [2.45, 2.75) is 49.6 Å². The summed E-state index contributed by atoms with van der Waals surface area (Å²) in [5.74, 6) is -0.0427. The predicted octanol–water partition coefficient (Wildman–Crippen LogP) is 2.93. The Kier molecular flexibility index (Phi) is 10.8. The highest BCUT2D eigenvalue weighted by molar-refractivity contribution is 8.00. The van der Waals surface area contributed by atoms with Crippen LogP contribution in [0.5, 0.6) is 0 Å². The number of nitrogens with one attached hydrogen (secondary N) is 1. The Bertz CT molecular complexity index is 886. The molecule has 0 aliphatic carbocycles. The van der Waals surface area contributed by atoms with Gasteiger partial charge >= 0.3 is 0 Å². The van der Waals surface area contributed by atoms with Crippen molar-refractivity contribution in [3.05, 3.63) is 57.5 Å². The Morgan fingerprint density at radius 2 is 1.97 bits per heavy atom. The second kappa shape index (κ2) is 13.3. The Labute approximate surface area is 188 Å². The van der Waals surface area contributed by atoms with Crippen molar-refractivity contribution in [3.63, 3.8) is 0 Å². The van der Waals surface area contributed by atoms with Crippen LogP contribution in [-0.4, -0.2) is 48.1 Å². The molecular weight excluding hydrogens is 414 g/mol. The lowest BCUT2D eigenvalue weighted by atomic mass is 10.0. The number of benzene rings is 1. The Balaban J connectivity index is 2.28. The summed E-state index contributed by atoms with van der Waals surface area (Å²) in [6.07, 6.45) is 2.80. The first kappa shape index (κ1) is 25.1. The number of methoxy groups -OCH3 is 2. The number of hydrogen-bond donors (Lipinski definition) is 1. The molecule has 7 nitrogen and oxygen atoms in total. The van der Waals surface area contributed by atoms with Gasteiger partial charge in [-0.2, -0.15) is 0 Å². The molecule has 0 aliphatic heterocycles. The highest BCUT2D eigenvalue weighted by atomic mass is 32.2. The molecule has 0 fully saturated rings. The van der Waals surface area contributed by atoms with Crippen LogP contribution in [-0.2, 0) is 34.3 Å². The van der Waals surface area contributed by atoms with E-state index < -0.39 is 0 Å². The lowest BCUT2D eigenvalue weighted by Crippen LogP contribution is -2.35. The first-order valence-corrected chi connectivity index (χ1v) is 11.4. The zero-order valence-corrected chi connectivity index (χ0v) is 19.7. The van der Waals surface area contributed by atoms with Crippen LogP contribution < -0.4 is 10.9 Å². The van der Waals surface area contributed by atoms with E-state index in [9.17, 15) is 9.59 Å². The van der Waals surface area contributed by atoms with Crippen LogP contribution in [0.1, 0.15) is 43.0 Å². The standard InChI is InChI=1S/C23H33N3O4S/c1-5-10-20(21(27)24-13-9-14-29-3)31-23-25-19(16-30-4)18(22(28)26(23)2)15-17-11-7-6-8-12-17/h6-8,11-12,20H,5,9-10,13-16H2,1-4H3,(H,24,27). The molecule has 0 aliphatic rings. The Morgan fingerprint density at radius 1 is 1.23 bits per heavy atom. The molecule has 1 N–H and O–H groups in total. The maximum absolute atomic E-state index is 13.2. The van der Waals surface area contributed by atoms with E-state index in [1.807, 2.05) is 37.3 Å². The van der Waals surface area contributed by atoms with E-state index >= 15 is 0 Å². The molecule has 1 aromatic heterocycles. The molecule has 0 saturated heterocycles. The van der Waals surface area contributed by atoms with E-state index in [1.54, 1.807) is 25.8 Å². The lowest BCUT2D eigenvalue weighted by molar-refractivity contribution is -0.120. The first-order chi connectivity index (χ1) is 15.0. The third kappa shape index (κ3) is 7.48. The zero-order chi connectivity index (χ0) is 22.6. The van der Waals surface area contributed by atoms with E-state index in [0.717, 1.165) is 18.4 Å². The van der Waals surface area contributed by atoms with Gasteiger partial charge < -0.3 is 14.8 Å². The molecule has 1 amide bonds. The molecule has 170 valence electrons. The van der Waals surface area contributed by atoms with E-state index in [4.69, 9.17) is 14.5 Å². The summed E-state index contributed by atoms with van der Waals surface area (Å²) in [7, 11) is 4.94. The summed E-state index contributed by atoms with van der Waals surface area (Å²) in [5.41, 5.74) is 2.17. The number of rotatable bonds is 13. The SMILES string of the molecule is CCCC(Sc1nc(COC)c(Cc2ccccc2)c(=O)n1C)C(=O)NCCCOC. The fraction of sp³-hybridized carbons (Fsp3) is 0.522. The van der Waals surface area contributed by atoms with Gasteiger partial charge in [0.15, 0.2) is 5.16 Å². The van der Waals surface area contributed by atoms with Crippen LogP contribution in [0.15, 0.2) is 40.3 Å². The van der Waals surface area contributed by atoms with Gasteiger partial charge in [-0.1, -0.05) is 55.4 Å². The van der Waals surface area contributed by atoms with E-state index in [1.165, 1.54) is 11.8 Å². The molecule has 0 radical (unpaired) electrons. The van der Waals surface area contributed by atoms with Gasteiger partial charge in [-0.25, -0.2) is 4.98 Å². The normalized spacial score (nSPS) is 12.0. The van der Waals surface area contributed by atoms with Crippen molar-refractivity contribution in [3.8, 4) is 0 Å². The van der Waals surface area contributed by atoms with Crippen LogP contribution in [0, 0.1) is 0 Å². The molecule has 1 aromatic carbocycles. The number of thioether (sulfide) groups is 1. The van der Waals surface area contributed by atoms with Crippen molar-refractivity contribution in [1.82, 2.24) is 14.9 Å². The van der Waals surface area contributed by atoms with Crippen LogP contribution >= 0.6 is 11.8 Å². The van der Waals surface area contributed by atoms with Crippen molar-refractivity contribution in [2.24, 2.45) is 7.05 Å². The smallest absolute Gasteiger partial charge is 0.257 e. The largest absolute Gasteiger partial charge is 0.385 e. The maximum atomic E-state index is 13.2. The molecule has 1 unspecified atom stereocenters. The minimum atomic E-state index is -0.319. The topological polar surface area (TPSA) is 82.5 Å². The average molecular weight is 448 g/mol. The second-order valence-electron chi connectivity index (χ2n) is 7.31. The van der Waals surface area contributed by atoms with Crippen molar-refractivity contribution in [2.75, 3.05) is 27.4 Å². The number of hydrogen-bond acceptors (Lipinski definition) is 6. The number of carbonyl (C=O) groups excluding carboxylic acids is 1. The highest BCUT2D eigenvalue weighted by Gasteiger charge is 2.23. The molecule has 0 spiro atoms. The number of amides is 1. The summed E-state index contributed by atoms with van der Waals surface area (Å²) in [6.45, 7) is 3.45. The molecule has 1 atom stereocenters. The molecular formula is C23H33N3O4S. The van der Waals surface area contributed by atoms with Crippen LogP contribution in [0.25, 0.3) is 0 Å². The monoisotopic (exact) mass is 447 g/mol. The van der Waals surface area contributed by atoms with Gasteiger partial charge in [0, 0.05) is 46.4 Å². The summed E-state index contributed by atoms with van der Waals surface area (Å²) < 4.78 is 11.9. The van der Waals surface area contributed by atoms with E-state index in [2.05, 4.69) is 5.32 Å². The zero-order valence-electron chi connectivity index (χ0n) is 18.8. The summed E-state index contributed by atoms with van der Waals surface area (Å²) in [6, 6.07) is 9.83. The van der Waals surface area contributed by atoms with Gasteiger partial charge in [0.05, 0.1) is 17.6 Å². The van der Waals surface area contributed by atoms with Crippen LogP contribution in [0.2, 0.25) is 0 Å². The molecule has 31 heavy (non-hydrogen) atoms. The van der Waals surface area contributed by atoms with Gasteiger partial charge in [-0.3, -0.25) is 14.2 Å². The van der Waals surface area contributed by atoms with Crippen molar-refractivity contribution >= 4 is 17.7 Å². The third-order valence-electron chi connectivity index (χ3n) is 4.85. The summed E-state index contributed by atoms with van der Waals surface area (Å²) in [5, 5.41) is 3.17. The van der Waals surface area contributed by atoms with Gasteiger partial charge in [-0.05, 0) is 18.4 Å². The minimum Gasteiger partial charge on any atom is -0.385 e. The number of nitrogens with zero attached hydrogens (tertiary/aromatic N) is 2. The predicted molar refractivity (Wildman–Crippen MR) is 123 cm³/mol. The fourth-order valence-corrected chi connectivity index (χ4v) is 4.39. The van der Waals surface area contributed by atoms with Crippen LogP contribution in [0.4, 0.5) is 0 Å². The molecule has 8 heteroatoms. The van der Waals surface area contributed by atoms with E-state index in [-0.39, 0.29) is 23.3 Å². The fourth-order valence-electron chi connectivity index (χ4n) is 3.18. The Morgan fingerprint density at radius 3 is 2.61 bits per heavy atom. The first-order valence-electron chi connectivity index (χ1n) is 10.6. The molecule has 0 bridgehead atoms. The molecule has 2 aromatic rings. The van der Waals surface area contributed by atoms with Crippen molar-refractivity contribution < 1.29 is 14.3 Å². The van der Waals surface area contributed by atoms with Crippen molar-refractivity contribution in [1.29, 1.82) is 0 Å². The van der Waals surface area contributed by atoms with Gasteiger partial charge in [-0.15, -0.1) is 0 Å². The summed E-state index contributed by atoms with van der Waals surface area (Å²) in [4.78, 5) is 30.6. The molecule has 2 rings (SSSR count). The number of ether oxygens (including phenoxy) is 2. The number of carbonyl (C=O) groups is 1. The van der Waals surface area contributed by atoms with Gasteiger partial charge in [0.25, 0.3) is 5.56 Å². The highest BCUT2D eigenvalue weighted by Crippen LogP contribution is 2.25. The number of aromatic nitrogens is 2. The second-order valence-corrected chi connectivity index (χ2v) is 8.48.